The summed E-state index contributed by atoms with van der Waals surface area (Å²) >= 11 is 0. The largest absolute Gasteiger partial charge is 0.308 e. The Hall–Kier alpha value is -1.96. The van der Waals surface area contributed by atoms with E-state index >= 15 is 0 Å². The molecule has 1 N–H and O–H groups in total. The maximum absolute atomic E-state index is 13.2. The molecule has 0 bridgehead atoms. The van der Waals surface area contributed by atoms with Gasteiger partial charge in [0.05, 0.1) is 11.7 Å². The summed E-state index contributed by atoms with van der Waals surface area (Å²) in [5, 5.41) is 14.0. The second-order valence-corrected chi connectivity index (χ2v) is 3.95. The van der Waals surface area contributed by atoms with Crippen LogP contribution in [0.15, 0.2) is 12.1 Å². The Morgan fingerprint density at radius 3 is 2.47 bits per heavy atom. The highest BCUT2D eigenvalue weighted by molar-refractivity contribution is 5.33. The van der Waals surface area contributed by atoms with Gasteiger partial charge in [-0.3, -0.25) is 0 Å². The zero-order valence-electron chi connectivity index (χ0n) is 10.4. The molecule has 1 aromatic heterocycles. The Labute approximate surface area is 107 Å². The average molecular weight is 271 g/mol. The van der Waals surface area contributed by atoms with Gasteiger partial charge in [-0.2, -0.15) is 4.68 Å². The van der Waals surface area contributed by atoms with E-state index in [9.17, 15) is 13.2 Å². The van der Waals surface area contributed by atoms with Crippen molar-refractivity contribution >= 4 is 0 Å². The Kier molecular flexibility index (Phi) is 3.79. The molecule has 0 aliphatic heterocycles. The molecule has 0 aliphatic carbocycles. The number of halogens is 3. The fraction of sp³-hybridized carbons (Fsp3) is 0.364. The topological polar surface area (TPSA) is 55.6 Å². The van der Waals surface area contributed by atoms with Crippen LogP contribution < -0.4 is 5.32 Å². The van der Waals surface area contributed by atoms with Crippen LogP contribution in [0.4, 0.5) is 13.2 Å². The molecule has 2 rings (SSSR count). The van der Waals surface area contributed by atoms with Crippen molar-refractivity contribution in [2.45, 2.75) is 19.9 Å². The molecule has 0 amide bonds. The highest BCUT2D eigenvalue weighted by Crippen LogP contribution is 2.19. The molecular formula is C11H12F3N5. The summed E-state index contributed by atoms with van der Waals surface area (Å²) in [5.41, 5.74) is 0.0288. The van der Waals surface area contributed by atoms with Crippen molar-refractivity contribution in [1.82, 2.24) is 25.5 Å². The van der Waals surface area contributed by atoms with Crippen LogP contribution in [0.2, 0.25) is 0 Å². The van der Waals surface area contributed by atoms with E-state index in [-0.39, 0.29) is 11.7 Å². The molecule has 0 saturated carbocycles. The van der Waals surface area contributed by atoms with Crippen LogP contribution in [0.5, 0.6) is 0 Å². The van der Waals surface area contributed by atoms with Gasteiger partial charge < -0.3 is 5.32 Å². The fourth-order valence-electron chi connectivity index (χ4n) is 1.71. The van der Waals surface area contributed by atoms with Crippen molar-refractivity contribution < 1.29 is 13.2 Å². The van der Waals surface area contributed by atoms with Gasteiger partial charge in [-0.15, -0.1) is 5.10 Å². The predicted molar refractivity (Wildman–Crippen MR) is 61.1 cm³/mol. The van der Waals surface area contributed by atoms with Crippen LogP contribution in [0.25, 0.3) is 5.69 Å². The lowest BCUT2D eigenvalue weighted by atomic mass is 10.2. The predicted octanol–water partition coefficient (Wildman–Crippen LogP) is 1.75. The van der Waals surface area contributed by atoms with Gasteiger partial charge in [0, 0.05) is 12.1 Å². The number of benzene rings is 1. The Balaban J connectivity index is 2.45. The van der Waals surface area contributed by atoms with Crippen LogP contribution in [0, 0.1) is 17.5 Å². The van der Waals surface area contributed by atoms with Crippen LogP contribution in [-0.2, 0) is 0 Å². The van der Waals surface area contributed by atoms with Gasteiger partial charge in [0.15, 0.2) is 23.3 Å². The molecule has 0 saturated heterocycles. The van der Waals surface area contributed by atoms with Crippen LogP contribution >= 0.6 is 0 Å². The number of hydrogen-bond acceptors (Lipinski definition) is 4. The van der Waals surface area contributed by atoms with Gasteiger partial charge in [0.2, 0.25) is 0 Å². The first-order valence-electron chi connectivity index (χ1n) is 5.71. The smallest absolute Gasteiger partial charge is 0.194 e. The maximum Gasteiger partial charge on any atom is 0.194 e. The van der Waals surface area contributed by atoms with E-state index < -0.39 is 17.5 Å². The SMILES string of the molecule is CCNC(C)c1nnnn1-c1cc(F)c(F)c(F)c1. The normalized spacial score (nSPS) is 12.7. The Bertz CT molecular complexity index is 560. The van der Waals surface area contributed by atoms with E-state index in [4.69, 9.17) is 0 Å². The molecule has 2 aromatic rings. The first kappa shape index (κ1) is 13.5. The molecule has 1 unspecified atom stereocenters. The molecule has 0 radical (unpaired) electrons. The highest BCUT2D eigenvalue weighted by atomic mass is 19.2. The molecule has 0 spiro atoms. The zero-order chi connectivity index (χ0) is 14.0. The van der Waals surface area contributed by atoms with E-state index in [1.807, 2.05) is 13.8 Å². The first-order chi connectivity index (χ1) is 9.04. The fourth-order valence-corrected chi connectivity index (χ4v) is 1.71. The molecule has 19 heavy (non-hydrogen) atoms. The van der Waals surface area contributed by atoms with E-state index in [1.165, 1.54) is 4.68 Å². The number of tetrazole rings is 1. The molecule has 8 heteroatoms. The molecule has 5 nitrogen and oxygen atoms in total. The summed E-state index contributed by atoms with van der Waals surface area (Å²) in [5.74, 6) is -3.70. The summed E-state index contributed by atoms with van der Waals surface area (Å²) in [6, 6.07) is 1.48. The van der Waals surface area contributed by atoms with Crippen LogP contribution in [0.3, 0.4) is 0 Å². The first-order valence-corrected chi connectivity index (χ1v) is 5.71. The van der Waals surface area contributed by atoms with E-state index in [2.05, 4.69) is 20.8 Å². The second kappa shape index (κ2) is 5.35. The van der Waals surface area contributed by atoms with Crippen molar-refractivity contribution in [3.05, 3.63) is 35.4 Å². The third-order valence-corrected chi connectivity index (χ3v) is 2.60. The summed E-state index contributed by atoms with van der Waals surface area (Å²) < 4.78 is 40.5. The van der Waals surface area contributed by atoms with Crippen LogP contribution in [0.1, 0.15) is 25.7 Å². The molecule has 1 aromatic carbocycles. The van der Waals surface area contributed by atoms with E-state index in [0.717, 1.165) is 12.1 Å². The Morgan fingerprint density at radius 1 is 1.26 bits per heavy atom. The summed E-state index contributed by atoms with van der Waals surface area (Å²) in [6.45, 7) is 4.39. The van der Waals surface area contributed by atoms with Crippen molar-refractivity contribution in [3.8, 4) is 5.69 Å². The zero-order valence-corrected chi connectivity index (χ0v) is 10.4. The summed E-state index contributed by atoms with van der Waals surface area (Å²) in [6.07, 6.45) is 0. The van der Waals surface area contributed by atoms with E-state index in [1.54, 1.807) is 0 Å². The molecule has 0 fully saturated rings. The van der Waals surface area contributed by atoms with Gasteiger partial charge in [0.25, 0.3) is 0 Å². The average Bonchev–Trinajstić information content (AvgIpc) is 2.84. The lowest BCUT2D eigenvalue weighted by molar-refractivity contribution is 0.445. The lowest BCUT2D eigenvalue weighted by Crippen LogP contribution is -2.21. The van der Waals surface area contributed by atoms with Crippen molar-refractivity contribution in [2.24, 2.45) is 0 Å². The molecular weight excluding hydrogens is 259 g/mol. The van der Waals surface area contributed by atoms with Gasteiger partial charge in [-0.1, -0.05) is 6.92 Å². The minimum absolute atomic E-state index is 0.0288. The van der Waals surface area contributed by atoms with Crippen LogP contribution in [-0.4, -0.2) is 26.8 Å². The van der Waals surface area contributed by atoms with Crippen molar-refractivity contribution in [1.29, 1.82) is 0 Å². The number of hydrogen-bond donors (Lipinski definition) is 1. The van der Waals surface area contributed by atoms with E-state index in [0.29, 0.717) is 12.4 Å². The number of nitrogens with zero attached hydrogens (tertiary/aromatic N) is 4. The maximum atomic E-state index is 13.2. The molecule has 1 heterocycles. The third kappa shape index (κ3) is 2.58. The minimum Gasteiger partial charge on any atom is -0.308 e. The molecule has 1 atom stereocenters. The lowest BCUT2D eigenvalue weighted by Gasteiger charge is -2.12. The monoisotopic (exact) mass is 271 g/mol. The van der Waals surface area contributed by atoms with Gasteiger partial charge in [0.1, 0.15) is 0 Å². The number of rotatable bonds is 4. The quantitative estimate of drug-likeness (QED) is 0.861. The number of nitrogens with one attached hydrogen (secondary N) is 1. The third-order valence-electron chi connectivity index (χ3n) is 2.60. The van der Waals surface area contributed by atoms with Gasteiger partial charge in [-0.25, -0.2) is 13.2 Å². The summed E-state index contributed by atoms with van der Waals surface area (Å²) in [4.78, 5) is 0. The Morgan fingerprint density at radius 2 is 1.89 bits per heavy atom. The van der Waals surface area contributed by atoms with Gasteiger partial charge >= 0.3 is 0 Å². The molecule has 102 valence electrons. The molecule has 0 aliphatic rings. The number of aromatic nitrogens is 4. The second-order valence-electron chi connectivity index (χ2n) is 3.95. The standard InChI is InChI=1S/C11H12F3N5/c1-3-15-6(2)11-16-17-18-19(11)7-4-8(12)10(14)9(13)5-7/h4-6,15H,3H2,1-2H3. The summed E-state index contributed by atoms with van der Waals surface area (Å²) in [7, 11) is 0. The van der Waals surface area contributed by atoms with Crippen molar-refractivity contribution in [3.63, 3.8) is 0 Å². The van der Waals surface area contributed by atoms with Crippen molar-refractivity contribution in [2.75, 3.05) is 6.54 Å². The van der Waals surface area contributed by atoms with Gasteiger partial charge in [-0.05, 0) is 23.9 Å². The minimum atomic E-state index is -1.52. The highest BCUT2D eigenvalue weighted by Gasteiger charge is 2.18.